The molecule has 4 heteroatoms. The van der Waals surface area contributed by atoms with Gasteiger partial charge >= 0.3 is 0 Å². The van der Waals surface area contributed by atoms with Crippen LogP contribution in [-0.2, 0) is 9.47 Å². The summed E-state index contributed by atoms with van der Waals surface area (Å²) in [6.45, 7) is 3.63. The van der Waals surface area contributed by atoms with Crippen LogP contribution >= 0.6 is 0 Å². The van der Waals surface area contributed by atoms with Gasteiger partial charge in [-0.1, -0.05) is 64.4 Å². The second-order valence-corrected chi connectivity index (χ2v) is 8.59. The van der Waals surface area contributed by atoms with Crippen molar-refractivity contribution in [3.8, 4) is 6.07 Å². The molecule has 28 heavy (non-hydrogen) atoms. The van der Waals surface area contributed by atoms with Crippen LogP contribution in [0.1, 0.15) is 88.5 Å². The van der Waals surface area contributed by atoms with Gasteiger partial charge in [-0.15, -0.1) is 0 Å². The number of halogens is 1. The lowest BCUT2D eigenvalue weighted by Crippen LogP contribution is -2.34. The van der Waals surface area contributed by atoms with Crippen molar-refractivity contribution in [1.29, 1.82) is 5.26 Å². The second-order valence-electron chi connectivity index (χ2n) is 8.59. The monoisotopic (exact) mass is 387 g/mol. The standard InChI is InChI=1S/C24H34FNO2/c1-2-3-4-5-6-7-18-8-10-19(11-9-18)22-16-27-24(28-17-22)20-12-13-21(15-26)23(25)14-20/h12-14,18-19,22,24H,2-11,16-17H2,1H3/t18-,19-,22-,24-. The van der Waals surface area contributed by atoms with Crippen LogP contribution in [-0.4, -0.2) is 13.2 Å². The minimum absolute atomic E-state index is 0.0551. The Morgan fingerprint density at radius 2 is 1.71 bits per heavy atom. The van der Waals surface area contributed by atoms with E-state index in [9.17, 15) is 4.39 Å². The maximum atomic E-state index is 13.8. The molecule has 0 radical (unpaired) electrons. The Balaban J connectivity index is 1.38. The fourth-order valence-corrected chi connectivity index (χ4v) is 4.74. The average Bonchev–Trinajstić information content (AvgIpc) is 2.74. The minimum atomic E-state index is -0.516. The third-order valence-electron chi connectivity index (χ3n) is 6.58. The van der Waals surface area contributed by atoms with Gasteiger partial charge in [-0.3, -0.25) is 0 Å². The van der Waals surface area contributed by atoms with Crippen molar-refractivity contribution in [2.45, 2.75) is 77.4 Å². The quantitative estimate of drug-likeness (QED) is 0.476. The van der Waals surface area contributed by atoms with Gasteiger partial charge in [0.25, 0.3) is 0 Å². The van der Waals surface area contributed by atoms with E-state index in [1.807, 2.05) is 6.07 Å². The molecule has 0 spiro atoms. The minimum Gasteiger partial charge on any atom is -0.348 e. The van der Waals surface area contributed by atoms with E-state index >= 15 is 0 Å². The van der Waals surface area contributed by atoms with Gasteiger partial charge in [-0.2, -0.15) is 5.26 Å². The highest BCUT2D eigenvalue weighted by atomic mass is 19.1. The van der Waals surface area contributed by atoms with Gasteiger partial charge < -0.3 is 9.47 Å². The third-order valence-corrected chi connectivity index (χ3v) is 6.58. The second kappa shape index (κ2) is 10.9. The molecule has 1 heterocycles. The van der Waals surface area contributed by atoms with E-state index in [4.69, 9.17) is 14.7 Å². The fraction of sp³-hybridized carbons (Fsp3) is 0.708. The van der Waals surface area contributed by atoms with Crippen molar-refractivity contribution < 1.29 is 13.9 Å². The normalized spacial score (nSPS) is 28.0. The molecule has 1 saturated carbocycles. The van der Waals surface area contributed by atoms with Gasteiger partial charge in [-0.25, -0.2) is 4.39 Å². The molecule has 2 fully saturated rings. The predicted molar refractivity (Wildman–Crippen MR) is 108 cm³/mol. The lowest BCUT2D eigenvalue weighted by atomic mass is 9.74. The van der Waals surface area contributed by atoms with Crippen LogP contribution in [0.5, 0.6) is 0 Å². The zero-order valence-corrected chi connectivity index (χ0v) is 17.2. The van der Waals surface area contributed by atoms with Crippen molar-refractivity contribution in [2.75, 3.05) is 13.2 Å². The summed E-state index contributed by atoms with van der Waals surface area (Å²) in [7, 11) is 0. The fourth-order valence-electron chi connectivity index (χ4n) is 4.74. The van der Waals surface area contributed by atoms with E-state index in [2.05, 4.69) is 6.92 Å². The first-order valence-corrected chi connectivity index (χ1v) is 11.1. The summed E-state index contributed by atoms with van der Waals surface area (Å²) in [6, 6.07) is 6.41. The number of hydrogen-bond donors (Lipinski definition) is 0. The van der Waals surface area contributed by atoms with E-state index in [-0.39, 0.29) is 5.56 Å². The predicted octanol–water partition coefficient (Wildman–Crippen LogP) is 6.53. The van der Waals surface area contributed by atoms with Crippen molar-refractivity contribution in [1.82, 2.24) is 0 Å². The molecule has 0 aromatic heterocycles. The van der Waals surface area contributed by atoms with Crippen LogP contribution < -0.4 is 0 Å². The molecule has 1 aliphatic heterocycles. The molecule has 3 nitrogen and oxygen atoms in total. The summed E-state index contributed by atoms with van der Waals surface area (Å²) in [4.78, 5) is 0. The van der Waals surface area contributed by atoms with Crippen molar-refractivity contribution in [3.63, 3.8) is 0 Å². The first-order valence-electron chi connectivity index (χ1n) is 11.1. The molecule has 0 unspecified atom stereocenters. The van der Waals surface area contributed by atoms with Crippen LogP contribution in [0.15, 0.2) is 18.2 Å². The van der Waals surface area contributed by atoms with Crippen LogP contribution in [0.25, 0.3) is 0 Å². The molecule has 1 saturated heterocycles. The molecule has 1 aromatic rings. The molecule has 1 aromatic carbocycles. The highest BCUT2D eigenvalue weighted by molar-refractivity contribution is 5.33. The SMILES string of the molecule is CCCCCCC[C@H]1CC[C@H]([C@H]2CO[C@H](c3ccc(C#N)c(F)c3)OC2)CC1. The van der Waals surface area contributed by atoms with Crippen LogP contribution in [0.3, 0.4) is 0 Å². The molecule has 0 atom stereocenters. The van der Waals surface area contributed by atoms with Gasteiger partial charge in [0.15, 0.2) is 6.29 Å². The molecule has 0 amide bonds. The molecule has 154 valence electrons. The van der Waals surface area contributed by atoms with Crippen LogP contribution in [0.2, 0.25) is 0 Å². The first-order chi connectivity index (χ1) is 13.7. The Hall–Kier alpha value is -1.44. The number of nitrogens with zero attached hydrogens (tertiary/aromatic N) is 1. The summed E-state index contributed by atoms with van der Waals surface area (Å²) in [5.74, 6) is 1.54. The number of rotatable bonds is 8. The van der Waals surface area contributed by atoms with Gasteiger partial charge in [0.1, 0.15) is 11.9 Å². The Morgan fingerprint density at radius 3 is 2.36 bits per heavy atom. The van der Waals surface area contributed by atoms with Crippen LogP contribution in [0.4, 0.5) is 4.39 Å². The largest absolute Gasteiger partial charge is 0.348 e. The zero-order chi connectivity index (χ0) is 19.8. The molecule has 3 rings (SSSR count). The number of unbranched alkanes of at least 4 members (excludes halogenated alkanes) is 4. The molecule has 0 bridgehead atoms. The lowest BCUT2D eigenvalue weighted by molar-refractivity contribution is -0.214. The van der Waals surface area contributed by atoms with E-state index in [0.717, 1.165) is 5.92 Å². The molecule has 0 N–H and O–H groups in total. The summed E-state index contributed by atoms with van der Waals surface area (Å²) in [5, 5.41) is 8.85. The van der Waals surface area contributed by atoms with Crippen molar-refractivity contribution in [2.24, 2.45) is 17.8 Å². The van der Waals surface area contributed by atoms with Gasteiger partial charge in [-0.05, 0) is 36.8 Å². The first kappa shape index (κ1) is 21.3. The number of hydrogen-bond acceptors (Lipinski definition) is 3. The Bertz CT molecular complexity index is 640. The average molecular weight is 388 g/mol. The maximum Gasteiger partial charge on any atom is 0.183 e. The van der Waals surface area contributed by atoms with E-state index in [1.165, 1.54) is 76.3 Å². The summed E-state index contributed by atoms with van der Waals surface area (Å²) in [5.41, 5.74) is 0.710. The van der Waals surface area contributed by atoms with Gasteiger partial charge in [0.05, 0.1) is 18.8 Å². The Labute approximate surface area is 169 Å². The van der Waals surface area contributed by atoms with Gasteiger partial charge in [0, 0.05) is 11.5 Å². The third kappa shape index (κ3) is 5.78. The van der Waals surface area contributed by atoms with Crippen molar-refractivity contribution >= 4 is 0 Å². The molecular formula is C24H34FNO2. The topological polar surface area (TPSA) is 42.2 Å². The number of ether oxygens (including phenoxy) is 2. The Kier molecular flexibility index (Phi) is 8.30. The smallest absolute Gasteiger partial charge is 0.183 e. The molecule has 1 aliphatic carbocycles. The number of benzene rings is 1. The maximum absolute atomic E-state index is 13.8. The zero-order valence-electron chi connectivity index (χ0n) is 17.2. The number of nitriles is 1. The highest BCUT2D eigenvalue weighted by Gasteiger charge is 2.32. The molecular weight excluding hydrogens is 353 g/mol. The lowest BCUT2D eigenvalue weighted by Gasteiger charge is -2.38. The Morgan fingerprint density at radius 1 is 1.00 bits per heavy atom. The molecule has 2 aliphatic rings. The van der Waals surface area contributed by atoms with Crippen molar-refractivity contribution in [3.05, 3.63) is 35.1 Å². The van der Waals surface area contributed by atoms with Gasteiger partial charge in [0.2, 0.25) is 0 Å². The summed E-state index contributed by atoms with van der Waals surface area (Å²) in [6.07, 6.45) is 13.0. The van der Waals surface area contributed by atoms with E-state index in [1.54, 1.807) is 6.07 Å². The van der Waals surface area contributed by atoms with E-state index in [0.29, 0.717) is 30.6 Å². The highest BCUT2D eigenvalue weighted by Crippen LogP contribution is 2.38. The van der Waals surface area contributed by atoms with E-state index < -0.39 is 12.1 Å². The summed E-state index contributed by atoms with van der Waals surface area (Å²) >= 11 is 0. The summed E-state index contributed by atoms with van der Waals surface area (Å²) < 4.78 is 25.7. The van der Waals surface area contributed by atoms with Crippen LogP contribution in [0, 0.1) is 34.9 Å².